The van der Waals surface area contributed by atoms with E-state index < -0.39 is 0 Å². The zero-order valence-corrected chi connectivity index (χ0v) is 14.9. The van der Waals surface area contributed by atoms with Crippen LogP contribution in [0.15, 0.2) is 15.0 Å². The van der Waals surface area contributed by atoms with Crippen LogP contribution in [0.3, 0.4) is 0 Å². The number of nitrogens with one attached hydrogen (secondary N) is 1. The molecule has 0 radical (unpaired) electrons. The fraction of sp³-hybridized carbons (Fsp3) is 0.467. The molecule has 1 aromatic heterocycles. The summed E-state index contributed by atoms with van der Waals surface area (Å²) in [7, 11) is 0. The van der Waals surface area contributed by atoms with Crippen LogP contribution in [0.1, 0.15) is 38.5 Å². The molecule has 1 N–H and O–H groups in total. The molecule has 1 aromatic carbocycles. The molecule has 2 aromatic rings. The molecule has 0 aliphatic rings. The molecule has 0 amide bonds. The van der Waals surface area contributed by atoms with Gasteiger partial charge in [-0.2, -0.15) is 0 Å². The van der Waals surface area contributed by atoms with E-state index in [-0.39, 0.29) is 0 Å². The van der Waals surface area contributed by atoms with Crippen molar-refractivity contribution in [2.24, 2.45) is 0 Å². The first kappa shape index (κ1) is 16.2. The first-order valence-corrected chi connectivity index (χ1v) is 8.31. The quantitative estimate of drug-likeness (QED) is 0.650. The summed E-state index contributed by atoms with van der Waals surface area (Å²) >= 11 is 16.2. The Morgan fingerprint density at radius 1 is 1.35 bits per heavy atom. The average molecular weight is 379 g/mol. The third-order valence-corrected chi connectivity index (χ3v) is 4.69. The number of benzene rings is 1. The standard InChI is InChI=1S/C15H18BrCl2NO/c1-4-5-9-12(7-19-8(2)3)20-15-11(17)6-10(16)14(18)13(9)15/h6,8,19H,4-5,7H2,1-3H3. The highest BCUT2D eigenvalue weighted by molar-refractivity contribution is 9.10. The molecular weight excluding hydrogens is 361 g/mol. The van der Waals surface area contributed by atoms with Gasteiger partial charge in [0.15, 0.2) is 5.58 Å². The van der Waals surface area contributed by atoms with E-state index in [0.29, 0.717) is 28.2 Å². The van der Waals surface area contributed by atoms with Crippen molar-refractivity contribution in [3.8, 4) is 0 Å². The minimum atomic E-state index is 0.398. The molecule has 0 spiro atoms. The Kier molecular flexibility index (Phi) is 5.41. The number of hydrogen-bond acceptors (Lipinski definition) is 2. The van der Waals surface area contributed by atoms with Crippen molar-refractivity contribution in [1.29, 1.82) is 0 Å². The van der Waals surface area contributed by atoms with Gasteiger partial charge in [-0.05, 0) is 28.4 Å². The van der Waals surface area contributed by atoms with E-state index in [1.807, 2.05) is 0 Å². The molecular formula is C15H18BrCl2NO. The van der Waals surface area contributed by atoms with Crippen LogP contribution >= 0.6 is 39.1 Å². The van der Waals surface area contributed by atoms with Crippen molar-refractivity contribution in [2.45, 2.75) is 46.2 Å². The fourth-order valence-corrected chi connectivity index (χ4v) is 3.28. The first-order chi connectivity index (χ1) is 9.45. The SMILES string of the molecule is CCCc1c(CNC(C)C)oc2c(Cl)cc(Br)c(Cl)c12. The summed E-state index contributed by atoms with van der Waals surface area (Å²) in [5, 5.41) is 5.58. The number of hydrogen-bond donors (Lipinski definition) is 1. The third kappa shape index (κ3) is 3.16. The van der Waals surface area contributed by atoms with Crippen molar-refractivity contribution in [3.05, 3.63) is 31.9 Å². The predicted molar refractivity (Wildman–Crippen MR) is 89.9 cm³/mol. The van der Waals surface area contributed by atoms with Crippen molar-refractivity contribution >= 4 is 50.1 Å². The normalized spacial score (nSPS) is 11.8. The molecule has 5 heteroatoms. The smallest absolute Gasteiger partial charge is 0.154 e. The molecule has 0 saturated carbocycles. The van der Waals surface area contributed by atoms with Gasteiger partial charge in [0.1, 0.15) is 5.76 Å². The van der Waals surface area contributed by atoms with Gasteiger partial charge >= 0.3 is 0 Å². The van der Waals surface area contributed by atoms with Crippen LogP contribution in [0.2, 0.25) is 10.0 Å². The van der Waals surface area contributed by atoms with Gasteiger partial charge in [0.25, 0.3) is 0 Å². The lowest BCUT2D eigenvalue weighted by Crippen LogP contribution is -2.22. The zero-order valence-electron chi connectivity index (χ0n) is 11.8. The Morgan fingerprint density at radius 2 is 2.05 bits per heavy atom. The molecule has 2 nitrogen and oxygen atoms in total. The van der Waals surface area contributed by atoms with Gasteiger partial charge in [0.2, 0.25) is 0 Å². The summed E-state index contributed by atoms with van der Waals surface area (Å²) in [6.45, 7) is 7.05. The second-order valence-electron chi connectivity index (χ2n) is 5.15. The average Bonchev–Trinajstić information content (AvgIpc) is 2.74. The lowest BCUT2D eigenvalue weighted by molar-refractivity contribution is 0.483. The maximum atomic E-state index is 6.43. The van der Waals surface area contributed by atoms with E-state index in [9.17, 15) is 0 Å². The van der Waals surface area contributed by atoms with Crippen LogP contribution in [0, 0.1) is 0 Å². The molecule has 0 fully saturated rings. The maximum Gasteiger partial charge on any atom is 0.154 e. The van der Waals surface area contributed by atoms with Crippen LogP contribution in [0.5, 0.6) is 0 Å². The number of furan rings is 1. The van der Waals surface area contributed by atoms with Gasteiger partial charge in [-0.25, -0.2) is 0 Å². The lowest BCUT2D eigenvalue weighted by atomic mass is 10.1. The van der Waals surface area contributed by atoms with Gasteiger partial charge in [-0.15, -0.1) is 0 Å². The molecule has 110 valence electrons. The van der Waals surface area contributed by atoms with Crippen LogP contribution in [-0.2, 0) is 13.0 Å². The van der Waals surface area contributed by atoms with E-state index in [0.717, 1.165) is 34.0 Å². The molecule has 1 heterocycles. The number of rotatable bonds is 5. The van der Waals surface area contributed by atoms with Crippen LogP contribution < -0.4 is 5.32 Å². The summed E-state index contributed by atoms with van der Waals surface area (Å²) in [4.78, 5) is 0. The van der Waals surface area contributed by atoms with E-state index >= 15 is 0 Å². The lowest BCUT2D eigenvalue weighted by Gasteiger charge is -2.07. The van der Waals surface area contributed by atoms with Crippen LogP contribution in [0.25, 0.3) is 11.0 Å². The van der Waals surface area contributed by atoms with E-state index in [2.05, 4.69) is 42.0 Å². The fourth-order valence-electron chi connectivity index (χ4n) is 2.23. The molecule has 0 aliphatic heterocycles. The Hall–Kier alpha value is -0.220. The van der Waals surface area contributed by atoms with E-state index in [1.165, 1.54) is 0 Å². The summed E-state index contributed by atoms with van der Waals surface area (Å²) in [5.74, 6) is 0.928. The molecule has 0 atom stereocenters. The molecule has 20 heavy (non-hydrogen) atoms. The molecule has 0 unspecified atom stereocenters. The second kappa shape index (κ2) is 6.69. The zero-order chi connectivity index (χ0) is 14.9. The number of aryl methyl sites for hydroxylation is 1. The van der Waals surface area contributed by atoms with E-state index in [4.69, 9.17) is 27.6 Å². The van der Waals surface area contributed by atoms with Crippen LogP contribution in [0.4, 0.5) is 0 Å². The largest absolute Gasteiger partial charge is 0.458 e. The highest BCUT2D eigenvalue weighted by Gasteiger charge is 2.20. The van der Waals surface area contributed by atoms with E-state index in [1.54, 1.807) is 6.07 Å². The highest BCUT2D eigenvalue weighted by atomic mass is 79.9. The van der Waals surface area contributed by atoms with Crippen LogP contribution in [-0.4, -0.2) is 6.04 Å². The van der Waals surface area contributed by atoms with Crippen molar-refractivity contribution in [2.75, 3.05) is 0 Å². The Morgan fingerprint density at radius 3 is 2.65 bits per heavy atom. The molecule has 0 saturated heterocycles. The third-order valence-electron chi connectivity index (χ3n) is 3.16. The van der Waals surface area contributed by atoms with Crippen molar-refractivity contribution < 1.29 is 4.42 Å². The first-order valence-electron chi connectivity index (χ1n) is 6.76. The summed E-state index contributed by atoms with van der Waals surface area (Å²) in [6, 6.07) is 2.18. The molecule has 0 bridgehead atoms. The monoisotopic (exact) mass is 377 g/mol. The maximum absolute atomic E-state index is 6.43. The predicted octanol–water partition coefficient (Wildman–Crippen LogP) is 5.95. The minimum absolute atomic E-state index is 0.398. The van der Waals surface area contributed by atoms with Crippen molar-refractivity contribution in [1.82, 2.24) is 5.32 Å². The summed E-state index contributed by atoms with van der Waals surface area (Å²) in [5.41, 5.74) is 1.84. The summed E-state index contributed by atoms with van der Waals surface area (Å²) < 4.78 is 6.77. The summed E-state index contributed by atoms with van der Waals surface area (Å²) in [6.07, 6.45) is 1.96. The van der Waals surface area contributed by atoms with Gasteiger partial charge < -0.3 is 9.73 Å². The Bertz CT molecular complexity index is 622. The molecule has 2 rings (SSSR count). The van der Waals surface area contributed by atoms with Crippen molar-refractivity contribution in [3.63, 3.8) is 0 Å². The number of fused-ring (bicyclic) bond motifs is 1. The van der Waals surface area contributed by atoms with Gasteiger partial charge in [-0.1, -0.05) is 50.4 Å². The topological polar surface area (TPSA) is 25.2 Å². The second-order valence-corrected chi connectivity index (χ2v) is 6.79. The molecule has 0 aliphatic carbocycles. The number of halogens is 3. The van der Waals surface area contributed by atoms with Gasteiger partial charge in [-0.3, -0.25) is 0 Å². The Balaban J connectivity index is 2.60. The minimum Gasteiger partial charge on any atom is -0.458 e. The van der Waals surface area contributed by atoms with Gasteiger partial charge in [0, 0.05) is 21.5 Å². The van der Waals surface area contributed by atoms with Gasteiger partial charge in [0.05, 0.1) is 16.6 Å². The Labute approximate surface area is 137 Å². The highest BCUT2D eigenvalue weighted by Crippen LogP contribution is 2.41.